The van der Waals surface area contributed by atoms with Crippen LogP contribution in [0.4, 0.5) is 5.69 Å². The summed E-state index contributed by atoms with van der Waals surface area (Å²) in [6.07, 6.45) is 2.95. The number of hydrogen-bond acceptors (Lipinski definition) is 3. The maximum absolute atomic E-state index is 12.6. The van der Waals surface area contributed by atoms with Crippen molar-refractivity contribution in [2.75, 3.05) is 44.3 Å². The van der Waals surface area contributed by atoms with Crippen LogP contribution in [0.3, 0.4) is 0 Å². The second kappa shape index (κ2) is 12.9. The highest BCUT2D eigenvalue weighted by Gasteiger charge is 2.21. The first-order chi connectivity index (χ1) is 12.3. The molecule has 2 N–H and O–H groups in total. The number of halogens is 1. The number of fused-ring (bicyclic) bond motifs is 1. The zero-order chi connectivity index (χ0) is 17.9. The number of nitrogens with one attached hydrogen (secondary N) is 2. The number of aliphatic imine (C=N–C) groups is 1. The van der Waals surface area contributed by atoms with E-state index in [2.05, 4.69) is 21.7 Å². The lowest BCUT2D eigenvalue weighted by atomic mass is 10.0. The third-order valence-electron chi connectivity index (χ3n) is 4.09. The van der Waals surface area contributed by atoms with Crippen molar-refractivity contribution < 1.29 is 9.53 Å². The molecule has 0 spiro atoms. The molecule has 0 aromatic heterocycles. The molecule has 1 heterocycles. The molecule has 7 heteroatoms. The molecular weight excluding hydrogens is 443 g/mol. The van der Waals surface area contributed by atoms with Crippen molar-refractivity contribution in [1.82, 2.24) is 10.6 Å². The van der Waals surface area contributed by atoms with Gasteiger partial charge in [0.05, 0.1) is 0 Å². The van der Waals surface area contributed by atoms with Crippen LogP contribution in [-0.4, -0.2) is 51.3 Å². The quantitative estimate of drug-likeness (QED) is 0.263. The predicted octanol–water partition coefficient (Wildman–Crippen LogP) is 2.57. The first-order valence-corrected chi connectivity index (χ1v) is 9.24. The normalized spacial score (nSPS) is 13.6. The summed E-state index contributed by atoms with van der Waals surface area (Å²) in [5, 5.41) is 6.42. The highest BCUT2D eigenvalue weighted by Crippen LogP contribution is 2.26. The number of carbonyl (C=O) groups is 1. The molecule has 1 aromatic rings. The van der Waals surface area contributed by atoms with Crippen molar-refractivity contribution >= 4 is 41.5 Å². The molecule has 0 saturated heterocycles. The maximum atomic E-state index is 12.6. The minimum atomic E-state index is 0. The smallest absolute Gasteiger partial charge is 0.248 e. The van der Waals surface area contributed by atoms with Crippen molar-refractivity contribution in [3.05, 3.63) is 29.8 Å². The standard InChI is InChI=1S/C19H30N4O2.HI/c1-3-20-19(21-12-8-14-25-4-2)22-15-18(24)23-13-7-10-16-9-5-6-11-17(16)23;/h5-6,9,11H,3-4,7-8,10,12-15H2,1-2H3,(H2,20,21,22);1H. The lowest BCUT2D eigenvalue weighted by Gasteiger charge is -2.29. The molecule has 6 nitrogen and oxygen atoms in total. The first kappa shape index (κ1) is 22.7. The number of hydrogen-bond donors (Lipinski definition) is 2. The van der Waals surface area contributed by atoms with Gasteiger partial charge in [-0.1, -0.05) is 18.2 Å². The second-order valence-corrected chi connectivity index (χ2v) is 5.95. The van der Waals surface area contributed by atoms with Gasteiger partial charge in [0.25, 0.3) is 0 Å². The number of amides is 1. The monoisotopic (exact) mass is 474 g/mol. The summed E-state index contributed by atoms with van der Waals surface area (Å²) in [6.45, 7) is 7.92. The Morgan fingerprint density at radius 2 is 2.08 bits per heavy atom. The van der Waals surface area contributed by atoms with E-state index in [4.69, 9.17) is 4.74 Å². The van der Waals surface area contributed by atoms with Crippen molar-refractivity contribution in [1.29, 1.82) is 0 Å². The lowest BCUT2D eigenvalue weighted by molar-refractivity contribution is -0.117. The Hall–Kier alpha value is -1.35. The van der Waals surface area contributed by atoms with Gasteiger partial charge in [-0.15, -0.1) is 24.0 Å². The lowest BCUT2D eigenvalue weighted by Crippen LogP contribution is -2.41. The molecule has 1 aliphatic heterocycles. The van der Waals surface area contributed by atoms with Crippen molar-refractivity contribution in [2.24, 2.45) is 4.99 Å². The summed E-state index contributed by atoms with van der Waals surface area (Å²) >= 11 is 0. The number of para-hydroxylation sites is 1. The molecule has 0 bridgehead atoms. The van der Waals surface area contributed by atoms with Crippen LogP contribution in [0.25, 0.3) is 0 Å². The molecule has 1 amide bonds. The maximum Gasteiger partial charge on any atom is 0.248 e. The van der Waals surface area contributed by atoms with Crippen LogP contribution < -0.4 is 15.5 Å². The number of benzene rings is 1. The molecule has 1 aromatic carbocycles. The molecule has 2 rings (SSSR count). The Kier molecular flexibility index (Phi) is 11.3. The molecule has 0 atom stereocenters. The van der Waals surface area contributed by atoms with Crippen LogP contribution in [0.5, 0.6) is 0 Å². The van der Waals surface area contributed by atoms with Gasteiger partial charge < -0.3 is 20.3 Å². The number of anilines is 1. The summed E-state index contributed by atoms with van der Waals surface area (Å²) in [7, 11) is 0. The topological polar surface area (TPSA) is 66.0 Å². The fraction of sp³-hybridized carbons (Fsp3) is 0.579. The Balaban J connectivity index is 0.00000338. The van der Waals surface area contributed by atoms with Gasteiger partial charge in [-0.25, -0.2) is 4.99 Å². The van der Waals surface area contributed by atoms with E-state index in [1.54, 1.807) is 0 Å². The van der Waals surface area contributed by atoms with E-state index in [0.29, 0.717) is 5.96 Å². The average molecular weight is 474 g/mol. The largest absolute Gasteiger partial charge is 0.382 e. The van der Waals surface area contributed by atoms with Gasteiger partial charge >= 0.3 is 0 Å². The fourth-order valence-corrected chi connectivity index (χ4v) is 2.89. The summed E-state index contributed by atoms with van der Waals surface area (Å²) in [5.41, 5.74) is 2.27. The summed E-state index contributed by atoms with van der Waals surface area (Å²) in [4.78, 5) is 18.9. The molecule has 0 fully saturated rings. The van der Waals surface area contributed by atoms with Gasteiger partial charge in [0, 0.05) is 38.5 Å². The Morgan fingerprint density at radius 1 is 1.27 bits per heavy atom. The Morgan fingerprint density at radius 3 is 2.85 bits per heavy atom. The minimum Gasteiger partial charge on any atom is -0.382 e. The van der Waals surface area contributed by atoms with Crippen LogP contribution in [0, 0.1) is 0 Å². The Labute approximate surface area is 173 Å². The average Bonchev–Trinajstić information content (AvgIpc) is 2.65. The highest BCUT2D eigenvalue weighted by molar-refractivity contribution is 14.0. The van der Waals surface area contributed by atoms with E-state index in [9.17, 15) is 4.79 Å². The SMILES string of the molecule is CCNC(=NCC(=O)N1CCCc2ccccc21)NCCCOCC.I. The van der Waals surface area contributed by atoms with Gasteiger partial charge in [-0.3, -0.25) is 4.79 Å². The molecular formula is C19H31IN4O2. The Bertz CT molecular complexity index is 580. The van der Waals surface area contributed by atoms with Crippen molar-refractivity contribution in [3.8, 4) is 0 Å². The van der Waals surface area contributed by atoms with E-state index in [0.717, 1.165) is 57.8 Å². The van der Waals surface area contributed by atoms with Crippen LogP contribution >= 0.6 is 24.0 Å². The molecule has 146 valence electrons. The van der Waals surface area contributed by atoms with Crippen LogP contribution in [0.2, 0.25) is 0 Å². The first-order valence-electron chi connectivity index (χ1n) is 9.24. The van der Waals surface area contributed by atoms with Gasteiger partial charge in [-0.05, 0) is 44.7 Å². The number of ether oxygens (including phenoxy) is 1. The number of carbonyl (C=O) groups excluding carboxylic acids is 1. The van der Waals surface area contributed by atoms with E-state index in [-0.39, 0.29) is 36.4 Å². The summed E-state index contributed by atoms with van der Waals surface area (Å²) in [5.74, 6) is 0.719. The van der Waals surface area contributed by atoms with E-state index in [1.807, 2.05) is 36.9 Å². The van der Waals surface area contributed by atoms with Gasteiger partial charge in [0.15, 0.2) is 5.96 Å². The third-order valence-corrected chi connectivity index (χ3v) is 4.09. The molecule has 0 aliphatic carbocycles. The van der Waals surface area contributed by atoms with Crippen LogP contribution in [0.1, 0.15) is 32.3 Å². The molecule has 0 radical (unpaired) electrons. The third kappa shape index (κ3) is 7.11. The van der Waals surface area contributed by atoms with Gasteiger partial charge in [-0.2, -0.15) is 0 Å². The van der Waals surface area contributed by atoms with E-state index < -0.39 is 0 Å². The van der Waals surface area contributed by atoms with Crippen LogP contribution in [-0.2, 0) is 16.0 Å². The molecule has 0 saturated carbocycles. The number of guanidine groups is 1. The molecule has 26 heavy (non-hydrogen) atoms. The van der Waals surface area contributed by atoms with Crippen LogP contribution in [0.15, 0.2) is 29.3 Å². The minimum absolute atomic E-state index is 0. The molecule has 1 aliphatic rings. The predicted molar refractivity (Wildman–Crippen MR) is 118 cm³/mol. The molecule has 0 unspecified atom stereocenters. The second-order valence-electron chi connectivity index (χ2n) is 5.95. The van der Waals surface area contributed by atoms with Gasteiger partial charge in [0.2, 0.25) is 5.91 Å². The van der Waals surface area contributed by atoms with Crippen molar-refractivity contribution in [3.63, 3.8) is 0 Å². The number of rotatable bonds is 8. The van der Waals surface area contributed by atoms with Gasteiger partial charge in [0.1, 0.15) is 6.54 Å². The van der Waals surface area contributed by atoms with Crippen molar-refractivity contribution in [2.45, 2.75) is 33.1 Å². The summed E-state index contributed by atoms with van der Waals surface area (Å²) < 4.78 is 5.33. The highest BCUT2D eigenvalue weighted by atomic mass is 127. The van der Waals surface area contributed by atoms with E-state index in [1.165, 1.54) is 5.56 Å². The van der Waals surface area contributed by atoms with E-state index >= 15 is 0 Å². The zero-order valence-corrected chi connectivity index (χ0v) is 18.1. The summed E-state index contributed by atoms with van der Waals surface area (Å²) in [6, 6.07) is 8.13. The zero-order valence-electron chi connectivity index (χ0n) is 15.8. The fourth-order valence-electron chi connectivity index (χ4n) is 2.89. The number of nitrogens with zero attached hydrogens (tertiary/aromatic N) is 2. The number of aryl methyl sites for hydroxylation is 1.